The van der Waals surface area contributed by atoms with E-state index >= 15 is 0 Å². The molecule has 0 radical (unpaired) electrons. The van der Waals surface area contributed by atoms with Gasteiger partial charge in [-0.2, -0.15) is 0 Å². The van der Waals surface area contributed by atoms with Gasteiger partial charge in [0.2, 0.25) is 5.91 Å². The highest BCUT2D eigenvalue weighted by Gasteiger charge is 2.49. The van der Waals surface area contributed by atoms with E-state index < -0.39 is 23.0 Å². The maximum Gasteiger partial charge on any atom is 0.313 e. The van der Waals surface area contributed by atoms with E-state index in [0.29, 0.717) is 6.42 Å². The van der Waals surface area contributed by atoms with Crippen molar-refractivity contribution in [3.63, 3.8) is 0 Å². The molecule has 19 heavy (non-hydrogen) atoms. The van der Waals surface area contributed by atoms with Crippen LogP contribution in [0.3, 0.4) is 0 Å². The molecule has 6 nitrogen and oxygen atoms in total. The number of carboxylic acid groups (broad SMARTS) is 1. The van der Waals surface area contributed by atoms with E-state index in [1.807, 2.05) is 6.92 Å². The molecule has 2 saturated heterocycles. The first kappa shape index (κ1) is 14.3. The van der Waals surface area contributed by atoms with Gasteiger partial charge in [0.25, 0.3) is 0 Å². The standard InChI is InChI=1S/C13H22N2O4/c1-3-13(5-4-6-14-13)10(16)15-9-7-19-8-12(9,2)11(17)18/h9,14H,3-8H2,1-2H3,(H,15,16)(H,17,18). The van der Waals surface area contributed by atoms with E-state index in [0.717, 1.165) is 19.4 Å². The first-order chi connectivity index (χ1) is 8.94. The normalized spacial score (nSPS) is 38.3. The predicted octanol–water partition coefficient (Wildman–Crippen LogP) is 0.125. The van der Waals surface area contributed by atoms with E-state index in [2.05, 4.69) is 10.6 Å². The van der Waals surface area contributed by atoms with Crippen LogP contribution in [0.1, 0.15) is 33.1 Å². The van der Waals surface area contributed by atoms with E-state index in [1.165, 1.54) is 0 Å². The highest BCUT2D eigenvalue weighted by Crippen LogP contribution is 2.30. The number of carboxylic acids is 1. The molecule has 2 heterocycles. The quantitative estimate of drug-likeness (QED) is 0.675. The largest absolute Gasteiger partial charge is 0.481 e. The summed E-state index contributed by atoms with van der Waals surface area (Å²) in [4.78, 5) is 23.8. The molecule has 0 saturated carbocycles. The number of nitrogens with one attached hydrogen (secondary N) is 2. The van der Waals surface area contributed by atoms with Crippen molar-refractivity contribution < 1.29 is 19.4 Å². The maximum absolute atomic E-state index is 12.4. The second-order valence-electron chi connectivity index (χ2n) is 5.73. The molecule has 2 rings (SSSR count). The van der Waals surface area contributed by atoms with Gasteiger partial charge in [-0.3, -0.25) is 9.59 Å². The SMILES string of the molecule is CCC1(C(=O)NC2COCC2(C)C(=O)O)CCCN1. The summed E-state index contributed by atoms with van der Waals surface area (Å²) in [7, 11) is 0. The molecule has 3 N–H and O–H groups in total. The zero-order valence-corrected chi connectivity index (χ0v) is 11.5. The summed E-state index contributed by atoms with van der Waals surface area (Å²) in [5.41, 5.74) is -1.58. The van der Waals surface area contributed by atoms with Crippen molar-refractivity contribution in [2.75, 3.05) is 19.8 Å². The maximum atomic E-state index is 12.4. The zero-order chi connectivity index (χ0) is 14.1. The van der Waals surface area contributed by atoms with Gasteiger partial charge in [-0.1, -0.05) is 6.92 Å². The van der Waals surface area contributed by atoms with Crippen LogP contribution in [0.5, 0.6) is 0 Å². The lowest BCUT2D eigenvalue weighted by atomic mass is 9.84. The molecular weight excluding hydrogens is 248 g/mol. The molecule has 108 valence electrons. The lowest BCUT2D eigenvalue weighted by Gasteiger charge is -2.32. The van der Waals surface area contributed by atoms with Crippen molar-refractivity contribution in [1.82, 2.24) is 10.6 Å². The van der Waals surface area contributed by atoms with Crippen LogP contribution in [0.15, 0.2) is 0 Å². The van der Waals surface area contributed by atoms with Crippen LogP contribution in [0.25, 0.3) is 0 Å². The minimum Gasteiger partial charge on any atom is -0.481 e. The van der Waals surface area contributed by atoms with E-state index in [9.17, 15) is 14.7 Å². The van der Waals surface area contributed by atoms with E-state index in [1.54, 1.807) is 6.92 Å². The topological polar surface area (TPSA) is 87.7 Å². The fourth-order valence-electron chi connectivity index (χ4n) is 2.84. The second-order valence-corrected chi connectivity index (χ2v) is 5.73. The molecule has 3 unspecified atom stereocenters. The van der Waals surface area contributed by atoms with Crippen molar-refractivity contribution in [2.45, 2.75) is 44.7 Å². The third kappa shape index (κ3) is 2.34. The van der Waals surface area contributed by atoms with Crippen LogP contribution < -0.4 is 10.6 Å². The van der Waals surface area contributed by atoms with Gasteiger partial charge in [-0.25, -0.2) is 0 Å². The number of rotatable bonds is 4. The van der Waals surface area contributed by atoms with Crippen LogP contribution in [0.4, 0.5) is 0 Å². The van der Waals surface area contributed by atoms with Gasteiger partial charge in [0, 0.05) is 0 Å². The van der Waals surface area contributed by atoms with Crippen LogP contribution in [-0.2, 0) is 14.3 Å². The minimum atomic E-state index is -1.04. The van der Waals surface area contributed by atoms with E-state index in [4.69, 9.17) is 4.74 Å². The number of carbonyl (C=O) groups excluding carboxylic acids is 1. The summed E-state index contributed by atoms with van der Waals surface area (Å²) in [6, 6.07) is -0.469. The van der Waals surface area contributed by atoms with Crippen molar-refractivity contribution in [1.29, 1.82) is 0 Å². The average Bonchev–Trinajstić information content (AvgIpc) is 2.98. The van der Waals surface area contributed by atoms with Gasteiger partial charge in [0.05, 0.1) is 24.8 Å². The molecule has 0 aromatic rings. The summed E-state index contributed by atoms with van der Waals surface area (Å²) in [5.74, 6) is -1.03. The third-order valence-electron chi connectivity index (χ3n) is 4.53. The van der Waals surface area contributed by atoms with Gasteiger partial charge in [0.1, 0.15) is 5.41 Å². The van der Waals surface area contributed by atoms with Gasteiger partial charge in [-0.05, 0) is 32.7 Å². The molecule has 6 heteroatoms. The number of amides is 1. The molecule has 0 aliphatic carbocycles. The molecule has 2 aliphatic heterocycles. The fraction of sp³-hybridized carbons (Fsp3) is 0.846. The Balaban J connectivity index is 2.08. The summed E-state index contributed by atoms with van der Waals surface area (Å²) < 4.78 is 5.25. The van der Waals surface area contributed by atoms with Crippen LogP contribution in [0.2, 0.25) is 0 Å². The van der Waals surface area contributed by atoms with Crippen molar-refractivity contribution >= 4 is 11.9 Å². The molecule has 1 amide bonds. The van der Waals surface area contributed by atoms with Crippen LogP contribution >= 0.6 is 0 Å². The Labute approximate surface area is 112 Å². The highest BCUT2D eigenvalue weighted by molar-refractivity contribution is 5.88. The summed E-state index contributed by atoms with van der Waals surface area (Å²) >= 11 is 0. The Hall–Kier alpha value is -1.14. The van der Waals surface area contributed by atoms with Gasteiger partial charge < -0.3 is 20.5 Å². The molecule has 0 spiro atoms. The molecule has 0 bridgehead atoms. The Bertz CT molecular complexity index is 379. The first-order valence-electron chi connectivity index (χ1n) is 6.82. The predicted molar refractivity (Wildman–Crippen MR) is 68.8 cm³/mol. The van der Waals surface area contributed by atoms with Crippen molar-refractivity contribution in [3.8, 4) is 0 Å². The molecule has 3 atom stereocenters. The average molecular weight is 270 g/mol. The molecule has 0 aromatic heterocycles. The Kier molecular flexibility index (Phi) is 3.82. The van der Waals surface area contributed by atoms with Gasteiger partial charge >= 0.3 is 5.97 Å². The Morgan fingerprint density at radius 3 is 2.79 bits per heavy atom. The smallest absolute Gasteiger partial charge is 0.313 e. The Morgan fingerprint density at radius 2 is 2.26 bits per heavy atom. The monoisotopic (exact) mass is 270 g/mol. The summed E-state index contributed by atoms with van der Waals surface area (Å²) in [6.07, 6.45) is 2.47. The molecule has 0 aromatic carbocycles. The molecule has 2 aliphatic rings. The fourth-order valence-corrected chi connectivity index (χ4v) is 2.84. The number of hydrogen-bond donors (Lipinski definition) is 3. The first-order valence-corrected chi connectivity index (χ1v) is 6.82. The number of hydrogen-bond acceptors (Lipinski definition) is 4. The lowest BCUT2D eigenvalue weighted by molar-refractivity contribution is -0.149. The number of aliphatic carboxylic acids is 1. The zero-order valence-electron chi connectivity index (χ0n) is 11.5. The van der Waals surface area contributed by atoms with Crippen molar-refractivity contribution in [3.05, 3.63) is 0 Å². The van der Waals surface area contributed by atoms with Crippen molar-refractivity contribution in [2.24, 2.45) is 5.41 Å². The summed E-state index contributed by atoms with van der Waals surface area (Å²) in [6.45, 7) is 4.82. The van der Waals surface area contributed by atoms with E-state index in [-0.39, 0.29) is 19.1 Å². The minimum absolute atomic E-state index is 0.101. The molecular formula is C13H22N2O4. The van der Waals surface area contributed by atoms with Gasteiger partial charge in [0.15, 0.2) is 0 Å². The lowest BCUT2D eigenvalue weighted by Crippen LogP contribution is -2.59. The molecule has 2 fully saturated rings. The number of ether oxygens (including phenoxy) is 1. The second kappa shape index (κ2) is 5.09. The summed E-state index contributed by atoms with van der Waals surface area (Å²) in [5, 5.41) is 15.4. The van der Waals surface area contributed by atoms with Crippen LogP contribution in [-0.4, -0.2) is 48.3 Å². The van der Waals surface area contributed by atoms with Gasteiger partial charge in [-0.15, -0.1) is 0 Å². The van der Waals surface area contributed by atoms with Crippen LogP contribution in [0, 0.1) is 5.41 Å². The Morgan fingerprint density at radius 1 is 1.53 bits per heavy atom. The number of carbonyl (C=O) groups is 2. The third-order valence-corrected chi connectivity index (χ3v) is 4.53. The highest BCUT2D eigenvalue weighted by atomic mass is 16.5.